The van der Waals surface area contributed by atoms with E-state index >= 15 is 0 Å². The van der Waals surface area contributed by atoms with Gasteiger partial charge in [0.1, 0.15) is 0 Å². The van der Waals surface area contributed by atoms with Crippen LogP contribution in [0.2, 0.25) is 0 Å². The van der Waals surface area contributed by atoms with Gasteiger partial charge in [-0.25, -0.2) is 4.79 Å². The van der Waals surface area contributed by atoms with E-state index in [1.54, 1.807) is 7.05 Å². The van der Waals surface area contributed by atoms with Crippen LogP contribution in [0.25, 0.3) is 11.1 Å². The van der Waals surface area contributed by atoms with Crippen molar-refractivity contribution in [2.45, 2.75) is 31.7 Å². The molecule has 0 bridgehead atoms. The van der Waals surface area contributed by atoms with Crippen molar-refractivity contribution in [2.24, 2.45) is 7.05 Å². The van der Waals surface area contributed by atoms with Gasteiger partial charge in [-0.05, 0) is 49.9 Å². The number of oxazole rings is 1. The zero-order valence-electron chi connectivity index (χ0n) is 10.6. The summed E-state index contributed by atoms with van der Waals surface area (Å²) in [7, 11) is 1.73. The number of nitrogens with one attached hydrogen (secondary N) is 1. The van der Waals surface area contributed by atoms with Gasteiger partial charge in [0.25, 0.3) is 0 Å². The molecule has 0 aliphatic heterocycles. The van der Waals surface area contributed by atoms with Gasteiger partial charge in [-0.1, -0.05) is 6.07 Å². The molecule has 4 heteroatoms. The summed E-state index contributed by atoms with van der Waals surface area (Å²) in [6, 6.07) is 6.80. The van der Waals surface area contributed by atoms with E-state index in [0.29, 0.717) is 5.58 Å². The molecule has 2 aromatic rings. The maximum atomic E-state index is 11.4. The number of fused-ring (bicyclic) bond motifs is 1. The average molecular weight is 246 g/mol. The Morgan fingerprint density at radius 3 is 3.06 bits per heavy atom. The minimum atomic E-state index is -0.294. The normalized spacial score (nSPS) is 15.4. The van der Waals surface area contributed by atoms with Gasteiger partial charge in [-0.2, -0.15) is 0 Å². The van der Waals surface area contributed by atoms with Gasteiger partial charge in [0, 0.05) is 13.1 Å². The Balaban J connectivity index is 1.66. The summed E-state index contributed by atoms with van der Waals surface area (Å²) in [5.41, 5.74) is 2.78. The van der Waals surface area contributed by atoms with Crippen molar-refractivity contribution in [3.63, 3.8) is 0 Å². The summed E-state index contributed by atoms with van der Waals surface area (Å²) in [5.74, 6) is -0.294. The summed E-state index contributed by atoms with van der Waals surface area (Å²) >= 11 is 0. The van der Waals surface area contributed by atoms with E-state index in [4.69, 9.17) is 4.42 Å². The molecule has 96 valence electrons. The first-order valence-electron chi connectivity index (χ1n) is 6.56. The van der Waals surface area contributed by atoms with Crippen LogP contribution in [-0.2, 0) is 13.5 Å². The van der Waals surface area contributed by atoms with E-state index in [2.05, 4.69) is 11.4 Å². The van der Waals surface area contributed by atoms with Crippen molar-refractivity contribution in [3.05, 3.63) is 34.3 Å². The highest BCUT2D eigenvalue weighted by Crippen LogP contribution is 2.19. The summed E-state index contributed by atoms with van der Waals surface area (Å²) in [5, 5.41) is 3.50. The molecule has 1 heterocycles. The van der Waals surface area contributed by atoms with Gasteiger partial charge in [0.15, 0.2) is 5.58 Å². The Bertz CT molecular complexity index is 608. The summed E-state index contributed by atoms with van der Waals surface area (Å²) in [6.45, 7) is 1.07. The Labute approximate surface area is 106 Å². The van der Waals surface area contributed by atoms with E-state index in [1.165, 1.54) is 23.0 Å². The lowest BCUT2D eigenvalue weighted by Gasteiger charge is -2.03. The number of nitrogens with zero attached hydrogens (tertiary/aromatic N) is 1. The number of hydrogen-bond donors (Lipinski definition) is 1. The quantitative estimate of drug-likeness (QED) is 0.819. The van der Waals surface area contributed by atoms with Gasteiger partial charge in [-0.15, -0.1) is 0 Å². The van der Waals surface area contributed by atoms with Gasteiger partial charge < -0.3 is 9.73 Å². The lowest BCUT2D eigenvalue weighted by Crippen LogP contribution is -2.17. The summed E-state index contributed by atoms with van der Waals surface area (Å²) in [4.78, 5) is 11.4. The highest BCUT2D eigenvalue weighted by Gasteiger charge is 2.19. The number of rotatable bonds is 5. The first-order valence-corrected chi connectivity index (χ1v) is 6.56. The molecule has 0 radical (unpaired) electrons. The van der Waals surface area contributed by atoms with E-state index in [-0.39, 0.29) is 5.76 Å². The van der Waals surface area contributed by atoms with Crippen LogP contribution in [0.4, 0.5) is 0 Å². The second-order valence-electron chi connectivity index (χ2n) is 5.06. The Morgan fingerprint density at radius 1 is 1.44 bits per heavy atom. The lowest BCUT2D eigenvalue weighted by molar-refractivity contribution is 0.527. The molecule has 0 spiro atoms. The smallest absolute Gasteiger partial charge is 0.408 e. The number of hydrogen-bond acceptors (Lipinski definition) is 3. The zero-order valence-corrected chi connectivity index (χ0v) is 10.6. The topological polar surface area (TPSA) is 47.2 Å². The molecular formula is C14H18N2O2. The lowest BCUT2D eigenvalue weighted by atomic mass is 10.1. The summed E-state index contributed by atoms with van der Waals surface area (Å²) in [6.07, 6.45) is 4.82. The second-order valence-corrected chi connectivity index (χ2v) is 5.06. The Hall–Kier alpha value is -1.55. The van der Waals surface area contributed by atoms with Crippen LogP contribution >= 0.6 is 0 Å². The molecule has 1 aliphatic rings. The van der Waals surface area contributed by atoms with E-state index in [0.717, 1.165) is 30.9 Å². The first-order chi connectivity index (χ1) is 8.74. The van der Waals surface area contributed by atoms with E-state index in [1.807, 2.05) is 12.1 Å². The number of aromatic nitrogens is 1. The monoisotopic (exact) mass is 246 g/mol. The predicted octanol–water partition coefficient (Wildman–Crippen LogP) is 1.82. The van der Waals surface area contributed by atoms with Crippen LogP contribution in [0.1, 0.15) is 24.8 Å². The maximum Gasteiger partial charge on any atom is 0.419 e. The Morgan fingerprint density at radius 2 is 2.28 bits per heavy atom. The van der Waals surface area contributed by atoms with Crippen LogP contribution < -0.4 is 11.1 Å². The molecule has 0 amide bonds. The third-order valence-electron chi connectivity index (χ3n) is 3.51. The fraction of sp³-hybridized carbons (Fsp3) is 0.500. The largest absolute Gasteiger partial charge is 0.419 e. The first kappa shape index (κ1) is 11.5. The van der Waals surface area contributed by atoms with Crippen LogP contribution in [0.5, 0.6) is 0 Å². The zero-order chi connectivity index (χ0) is 12.5. The number of benzene rings is 1. The van der Waals surface area contributed by atoms with Crippen LogP contribution in [-0.4, -0.2) is 17.2 Å². The van der Waals surface area contributed by atoms with Gasteiger partial charge in [0.2, 0.25) is 0 Å². The highest BCUT2D eigenvalue weighted by atomic mass is 16.4. The van der Waals surface area contributed by atoms with Crippen molar-refractivity contribution in [3.8, 4) is 0 Å². The molecule has 1 aromatic heterocycles. The van der Waals surface area contributed by atoms with Gasteiger partial charge in [0.05, 0.1) is 5.52 Å². The SMILES string of the molecule is Cn1c(=O)oc2cc(CCCNC3CC3)ccc21. The standard InChI is InChI=1S/C14H18N2O2/c1-16-12-7-4-10(9-13(12)18-14(16)17)3-2-8-15-11-5-6-11/h4,7,9,11,15H,2-3,5-6,8H2,1H3. The molecule has 18 heavy (non-hydrogen) atoms. The number of aryl methyl sites for hydroxylation is 2. The molecule has 0 saturated heterocycles. The average Bonchev–Trinajstić information content (AvgIpc) is 3.14. The molecule has 1 saturated carbocycles. The van der Waals surface area contributed by atoms with Crippen LogP contribution in [0.3, 0.4) is 0 Å². The molecule has 1 aliphatic carbocycles. The van der Waals surface area contributed by atoms with Crippen LogP contribution in [0, 0.1) is 0 Å². The molecule has 0 unspecified atom stereocenters. The van der Waals surface area contributed by atoms with Gasteiger partial charge >= 0.3 is 5.76 Å². The second kappa shape index (κ2) is 4.61. The minimum Gasteiger partial charge on any atom is -0.408 e. The molecule has 1 fully saturated rings. The fourth-order valence-corrected chi connectivity index (χ4v) is 2.22. The Kier molecular flexibility index (Phi) is 2.96. The fourth-order valence-electron chi connectivity index (χ4n) is 2.22. The van der Waals surface area contributed by atoms with Crippen LogP contribution in [0.15, 0.2) is 27.4 Å². The van der Waals surface area contributed by atoms with Crippen molar-refractivity contribution >= 4 is 11.1 Å². The van der Waals surface area contributed by atoms with Crippen molar-refractivity contribution in [1.82, 2.24) is 9.88 Å². The van der Waals surface area contributed by atoms with Crippen molar-refractivity contribution in [1.29, 1.82) is 0 Å². The molecule has 1 aromatic carbocycles. The summed E-state index contributed by atoms with van der Waals surface area (Å²) < 4.78 is 6.72. The highest BCUT2D eigenvalue weighted by molar-refractivity contribution is 5.73. The van der Waals surface area contributed by atoms with E-state index < -0.39 is 0 Å². The maximum absolute atomic E-state index is 11.4. The predicted molar refractivity (Wildman–Crippen MR) is 70.8 cm³/mol. The third kappa shape index (κ3) is 2.34. The van der Waals surface area contributed by atoms with Crippen molar-refractivity contribution < 1.29 is 4.42 Å². The molecule has 3 rings (SSSR count). The van der Waals surface area contributed by atoms with E-state index in [9.17, 15) is 4.79 Å². The minimum absolute atomic E-state index is 0.294. The third-order valence-corrected chi connectivity index (χ3v) is 3.51. The molecule has 1 N–H and O–H groups in total. The molecule has 4 nitrogen and oxygen atoms in total. The van der Waals surface area contributed by atoms with Crippen molar-refractivity contribution in [2.75, 3.05) is 6.54 Å². The molecular weight excluding hydrogens is 228 g/mol. The molecule has 0 atom stereocenters. The van der Waals surface area contributed by atoms with Gasteiger partial charge in [-0.3, -0.25) is 4.57 Å².